The lowest BCUT2D eigenvalue weighted by atomic mass is 9.90. The fourth-order valence-electron chi connectivity index (χ4n) is 2.51. The summed E-state index contributed by atoms with van der Waals surface area (Å²) in [6.07, 6.45) is -2.54. The minimum Gasteiger partial charge on any atom is -0.493 e. The summed E-state index contributed by atoms with van der Waals surface area (Å²) in [5, 5.41) is 3.01. The van der Waals surface area contributed by atoms with Gasteiger partial charge in [0, 0.05) is 18.2 Å². The molecule has 20 heavy (non-hydrogen) atoms. The molecule has 0 bridgehead atoms. The summed E-state index contributed by atoms with van der Waals surface area (Å²) >= 11 is 0. The zero-order chi connectivity index (χ0) is 14.6. The van der Waals surface area contributed by atoms with Crippen molar-refractivity contribution in [1.29, 1.82) is 0 Å². The summed E-state index contributed by atoms with van der Waals surface area (Å²) in [6, 6.07) is 7.53. The second kappa shape index (κ2) is 6.48. The van der Waals surface area contributed by atoms with Crippen LogP contribution in [0.5, 0.6) is 5.75 Å². The third-order valence-electron chi connectivity index (χ3n) is 3.63. The van der Waals surface area contributed by atoms with Gasteiger partial charge in [-0.15, -0.1) is 0 Å². The molecular weight excluding hydrogens is 267 g/mol. The Balaban J connectivity index is 2.03. The average Bonchev–Trinajstić information content (AvgIpc) is 2.45. The van der Waals surface area contributed by atoms with Crippen molar-refractivity contribution in [3.8, 4) is 5.75 Å². The summed E-state index contributed by atoms with van der Waals surface area (Å²) < 4.78 is 43.6. The van der Waals surface area contributed by atoms with E-state index < -0.39 is 12.1 Å². The molecule has 2 atom stereocenters. The first-order valence-corrected chi connectivity index (χ1v) is 7.04. The largest absolute Gasteiger partial charge is 0.493 e. The molecule has 1 aromatic rings. The van der Waals surface area contributed by atoms with Gasteiger partial charge in [0.05, 0.1) is 12.5 Å². The number of hydrogen-bond acceptors (Lipinski definition) is 2. The number of alkyl halides is 3. The minimum absolute atomic E-state index is 0.0176. The number of rotatable bonds is 4. The first-order valence-electron chi connectivity index (χ1n) is 7.04. The molecule has 1 saturated heterocycles. The van der Waals surface area contributed by atoms with Crippen molar-refractivity contribution in [2.24, 2.45) is 5.92 Å². The number of benzene rings is 1. The molecule has 0 aromatic heterocycles. The van der Waals surface area contributed by atoms with Crippen LogP contribution in [0.15, 0.2) is 24.3 Å². The van der Waals surface area contributed by atoms with Crippen molar-refractivity contribution >= 4 is 0 Å². The highest BCUT2D eigenvalue weighted by molar-refractivity contribution is 5.36. The van der Waals surface area contributed by atoms with Gasteiger partial charge in [-0.05, 0) is 25.3 Å². The monoisotopic (exact) mass is 287 g/mol. The van der Waals surface area contributed by atoms with Gasteiger partial charge < -0.3 is 10.1 Å². The van der Waals surface area contributed by atoms with Crippen LogP contribution < -0.4 is 10.1 Å². The summed E-state index contributed by atoms with van der Waals surface area (Å²) in [7, 11) is 0. The topological polar surface area (TPSA) is 21.3 Å². The smallest absolute Gasteiger partial charge is 0.393 e. The van der Waals surface area contributed by atoms with Gasteiger partial charge >= 0.3 is 6.18 Å². The van der Waals surface area contributed by atoms with E-state index in [1.54, 1.807) is 0 Å². The van der Waals surface area contributed by atoms with Crippen molar-refractivity contribution in [1.82, 2.24) is 5.32 Å². The Labute approximate surface area is 117 Å². The van der Waals surface area contributed by atoms with Crippen LogP contribution in [-0.2, 0) is 0 Å². The van der Waals surface area contributed by atoms with Gasteiger partial charge in [0.25, 0.3) is 0 Å². The zero-order valence-corrected chi connectivity index (χ0v) is 11.5. The van der Waals surface area contributed by atoms with Crippen LogP contribution in [-0.4, -0.2) is 19.3 Å². The van der Waals surface area contributed by atoms with E-state index in [4.69, 9.17) is 4.74 Å². The molecule has 2 unspecified atom stereocenters. The molecule has 1 aromatic carbocycles. The number of piperidine rings is 1. The van der Waals surface area contributed by atoms with E-state index in [9.17, 15) is 13.2 Å². The molecule has 1 N–H and O–H groups in total. The molecule has 0 amide bonds. The maximum Gasteiger partial charge on any atom is 0.393 e. The van der Waals surface area contributed by atoms with Crippen molar-refractivity contribution in [3.05, 3.63) is 29.8 Å². The number of ether oxygens (including phenoxy) is 1. The Morgan fingerprint density at radius 1 is 1.25 bits per heavy atom. The van der Waals surface area contributed by atoms with Crippen molar-refractivity contribution in [3.63, 3.8) is 0 Å². The highest BCUT2D eigenvalue weighted by Crippen LogP contribution is 2.37. The van der Waals surface area contributed by atoms with Crippen LogP contribution in [0.4, 0.5) is 13.2 Å². The first kappa shape index (κ1) is 15.2. The molecule has 0 radical (unpaired) electrons. The van der Waals surface area contributed by atoms with Crippen LogP contribution >= 0.6 is 0 Å². The van der Waals surface area contributed by atoms with Gasteiger partial charge in [0.15, 0.2) is 0 Å². The van der Waals surface area contributed by atoms with E-state index in [0.717, 1.165) is 17.7 Å². The van der Waals surface area contributed by atoms with Crippen molar-refractivity contribution in [2.45, 2.75) is 38.4 Å². The Morgan fingerprint density at radius 3 is 2.60 bits per heavy atom. The number of nitrogens with one attached hydrogen (secondary N) is 1. The molecule has 0 spiro atoms. The number of hydrogen-bond donors (Lipinski definition) is 1. The normalized spacial score (nSPS) is 23.6. The maximum absolute atomic E-state index is 12.7. The van der Waals surface area contributed by atoms with Gasteiger partial charge in [0.2, 0.25) is 0 Å². The van der Waals surface area contributed by atoms with Crippen LogP contribution in [0, 0.1) is 5.92 Å². The average molecular weight is 287 g/mol. The zero-order valence-electron chi connectivity index (χ0n) is 11.5. The van der Waals surface area contributed by atoms with Crippen molar-refractivity contribution in [2.75, 3.05) is 13.2 Å². The summed E-state index contributed by atoms with van der Waals surface area (Å²) in [6.45, 7) is 2.63. The van der Waals surface area contributed by atoms with E-state index in [0.29, 0.717) is 13.0 Å². The van der Waals surface area contributed by atoms with E-state index in [1.807, 2.05) is 31.2 Å². The maximum atomic E-state index is 12.7. The Morgan fingerprint density at radius 2 is 2.00 bits per heavy atom. The molecule has 1 fully saturated rings. The van der Waals surface area contributed by atoms with Gasteiger partial charge in [-0.25, -0.2) is 0 Å². The molecule has 0 aliphatic carbocycles. The second-order valence-electron chi connectivity index (χ2n) is 5.16. The SMILES string of the molecule is CCCOc1ccccc1C1CCC(C(F)(F)F)CN1. The lowest BCUT2D eigenvalue weighted by Crippen LogP contribution is -2.40. The van der Waals surface area contributed by atoms with E-state index in [-0.39, 0.29) is 19.0 Å². The van der Waals surface area contributed by atoms with E-state index in [2.05, 4.69) is 5.32 Å². The number of para-hydroxylation sites is 1. The molecule has 1 heterocycles. The molecule has 2 rings (SSSR count). The van der Waals surface area contributed by atoms with Crippen LogP contribution in [0.2, 0.25) is 0 Å². The molecule has 112 valence electrons. The summed E-state index contributed by atoms with van der Waals surface area (Å²) in [5.41, 5.74) is 0.960. The quantitative estimate of drug-likeness (QED) is 0.901. The summed E-state index contributed by atoms with van der Waals surface area (Å²) in [5.74, 6) is -0.459. The fraction of sp³-hybridized carbons (Fsp3) is 0.600. The predicted octanol–water partition coefficient (Wildman–Crippen LogP) is 4.08. The van der Waals surface area contributed by atoms with Crippen molar-refractivity contribution < 1.29 is 17.9 Å². The van der Waals surface area contributed by atoms with Gasteiger partial charge in [-0.1, -0.05) is 25.1 Å². The lowest BCUT2D eigenvalue weighted by Gasteiger charge is -2.32. The van der Waals surface area contributed by atoms with E-state index in [1.165, 1.54) is 0 Å². The Hall–Kier alpha value is -1.23. The van der Waals surface area contributed by atoms with Gasteiger partial charge in [-0.2, -0.15) is 13.2 Å². The Bertz CT molecular complexity index is 425. The molecule has 0 saturated carbocycles. The van der Waals surface area contributed by atoms with Crippen LogP contribution in [0.1, 0.15) is 37.8 Å². The third kappa shape index (κ3) is 3.66. The van der Waals surface area contributed by atoms with Gasteiger partial charge in [-0.3, -0.25) is 0 Å². The summed E-state index contributed by atoms with van der Waals surface area (Å²) in [4.78, 5) is 0. The molecule has 5 heteroatoms. The minimum atomic E-state index is -4.10. The molecule has 2 nitrogen and oxygen atoms in total. The second-order valence-corrected chi connectivity index (χ2v) is 5.16. The molecular formula is C15H20F3NO. The highest BCUT2D eigenvalue weighted by Gasteiger charge is 2.41. The lowest BCUT2D eigenvalue weighted by molar-refractivity contribution is -0.179. The molecule has 1 aliphatic heterocycles. The van der Waals surface area contributed by atoms with Crippen LogP contribution in [0.25, 0.3) is 0 Å². The Kier molecular flexibility index (Phi) is 4.91. The molecule has 1 aliphatic rings. The van der Waals surface area contributed by atoms with E-state index >= 15 is 0 Å². The fourth-order valence-corrected chi connectivity index (χ4v) is 2.51. The van der Waals surface area contributed by atoms with Crippen LogP contribution in [0.3, 0.4) is 0 Å². The standard InChI is InChI=1S/C15H20F3NO/c1-2-9-20-14-6-4-3-5-12(14)13-8-7-11(10-19-13)15(16,17)18/h3-6,11,13,19H,2,7-10H2,1H3. The predicted molar refractivity (Wildman–Crippen MR) is 71.8 cm³/mol. The number of halogens is 3. The van der Waals surface area contributed by atoms with Gasteiger partial charge in [0.1, 0.15) is 5.75 Å². The first-order chi connectivity index (χ1) is 9.52. The highest BCUT2D eigenvalue weighted by atomic mass is 19.4. The third-order valence-corrected chi connectivity index (χ3v) is 3.63.